The van der Waals surface area contributed by atoms with Crippen LogP contribution in [0, 0.1) is 6.92 Å². The van der Waals surface area contributed by atoms with Crippen molar-refractivity contribution in [3.63, 3.8) is 0 Å². The molecule has 0 aliphatic rings. The van der Waals surface area contributed by atoms with Gasteiger partial charge in [-0.15, -0.1) is 0 Å². The van der Waals surface area contributed by atoms with Gasteiger partial charge < -0.3 is 0 Å². The number of aldehydes is 1. The molecule has 0 fully saturated rings. The maximum absolute atomic E-state index is 13.4. The van der Waals surface area contributed by atoms with E-state index in [0.717, 1.165) is 5.56 Å². The predicted molar refractivity (Wildman–Crippen MR) is 132 cm³/mol. The Morgan fingerprint density at radius 1 is 1.09 bits per heavy atom. The normalized spacial score (nSPS) is 11.7. The zero-order valence-electron chi connectivity index (χ0n) is 19.5. The number of amides is 1. The average Bonchev–Trinajstić information content (AvgIpc) is 2.78. The number of hydrogen-bond acceptors (Lipinski definition) is 6. The summed E-state index contributed by atoms with van der Waals surface area (Å²) in [5, 5.41) is 0.0135. The molecular weight excluding hydrogens is 476 g/mol. The molecule has 0 saturated heterocycles. The lowest BCUT2D eigenvalue weighted by atomic mass is 9.87. The van der Waals surface area contributed by atoms with E-state index in [0.29, 0.717) is 12.0 Å². The lowest BCUT2D eigenvalue weighted by molar-refractivity contribution is 0.0986. The fraction of sp³-hybridized carbons (Fsp3) is 0.250. The van der Waals surface area contributed by atoms with Crippen LogP contribution in [-0.4, -0.2) is 37.6 Å². The summed E-state index contributed by atoms with van der Waals surface area (Å²) < 4.78 is 28.7. The third-order valence-electron chi connectivity index (χ3n) is 5.19. The van der Waals surface area contributed by atoms with Gasteiger partial charge in [0.1, 0.15) is 0 Å². The van der Waals surface area contributed by atoms with Crippen molar-refractivity contribution in [2.45, 2.75) is 38.0 Å². The van der Waals surface area contributed by atoms with E-state index >= 15 is 0 Å². The highest BCUT2D eigenvalue weighted by Gasteiger charge is 2.27. The maximum Gasteiger partial charge on any atom is 0.262 e. The zero-order chi connectivity index (χ0) is 25.3. The van der Waals surface area contributed by atoms with E-state index in [4.69, 9.17) is 11.6 Å². The quantitative estimate of drug-likeness (QED) is 0.494. The standard InChI is InChI=1S/C24H25ClN4O4S/c1-15-12-26-13-21(27-15)29(5)23(31)22-18(14-30)19(25)10-11-20(22)28-34(32,33)17-8-6-16(7-9-17)24(2,3)4/h6-14,28H,1-5H3. The number of sulfonamides is 1. The summed E-state index contributed by atoms with van der Waals surface area (Å²) in [6.07, 6.45) is 3.33. The van der Waals surface area contributed by atoms with E-state index in [2.05, 4.69) is 14.7 Å². The van der Waals surface area contributed by atoms with E-state index in [1.165, 1.54) is 48.6 Å². The molecule has 3 aromatic rings. The van der Waals surface area contributed by atoms with Crippen LogP contribution in [0.1, 0.15) is 52.7 Å². The second-order valence-corrected chi connectivity index (χ2v) is 10.9. The third-order valence-corrected chi connectivity index (χ3v) is 6.90. The summed E-state index contributed by atoms with van der Waals surface area (Å²) in [7, 11) is -2.63. The summed E-state index contributed by atoms with van der Waals surface area (Å²) in [4.78, 5) is 34.7. The predicted octanol–water partition coefficient (Wildman–Crippen LogP) is 4.63. The number of aryl methyl sites for hydroxylation is 1. The molecule has 0 aliphatic heterocycles. The topological polar surface area (TPSA) is 109 Å². The highest BCUT2D eigenvalue weighted by Crippen LogP contribution is 2.30. The van der Waals surface area contributed by atoms with E-state index in [1.54, 1.807) is 19.1 Å². The first-order valence-electron chi connectivity index (χ1n) is 10.3. The number of rotatable bonds is 6. The van der Waals surface area contributed by atoms with Crippen LogP contribution < -0.4 is 9.62 Å². The van der Waals surface area contributed by atoms with Gasteiger partial charge in [-0.2, -0.15) is 0 Å². The first kappa shape index (κ1) is 25.3. The molecule has 0 spiro atoms. The molecule has 0 aliphatic carbocycles. The number of halogens is 1. The lowest BCUT2D eigenvalue weighted by Crippen LogP contribution is -2.30. The molecule has 10 heteroatoms. The van der Waals surface area contributed by atoms with Crippen molar-refractivity contribution in [1.29, 1.82) is 0 Å². The number of aromatic nitrogens is 2. The van der Waals surface area contributed by atoms with Crippen LogP contribution in [0.5, 0.6) is 0 Å². The minimum absolute atomic E-state index is 0.0133. The number of nitrogens with one attached hydrogen (secondary N) is 1. The molecule has 8 nitrogen and oxygen atoms in total. The summed E-state index contributed by atoms with van der Waals surface area (Å²) in [5.74, 6) is -0.446. The van der Waals surface area contributed by atoms with Gasteiger partial charge in [0.25, 0.3) is 15.9 Å². The first-order valence-corrected chi connectivity index (χ1v) is 12.2. The van der Waals surface area contributed by atoms with Crippen molar-refractivity contribution in [3.8, 4) is 0 Å². The molecule has 1 N–H and O–H groups in total. The third kappa shape index (κ3) is 5.26. The van der Waals surface area contributed by atoms with Crippen molar-refractivity contribution in [3.05, 3.63) is 76.2 Å². The molecule has 1 heterocycles. The highest BCUT2D eigenvalue weighted by atomic mass is 35.5. The van der Waals surface area contributed by atoms with Crippen LogP contribution in [0.15, 0.2) is 53.7 Å². The SMILES string of the molecule is Cc1cncc(N(C)C(=O)c2c(NS(=O)(=O)c3ccc(C(C)(C)C)cc3)ccc(Cl)c2C=O)n1. The van der Waals surface area contributed by atoms with Crippen molar-refractivity contribution in [1.82, 2.24) is 9.97 Å². The number of benzene rings is 2. The monoisotopic (exact) mass is 500 g/mol. The van der Waals surface area contributed by atoms with Gasteiger partial charge in [0.15, 0.2) is 12.1 Å². The summed E-state index contributed by atoms with van der Waals surface area (Å²) in [6, 6.07) is 9.17. The van der Waals surface area contributed by atoms with E-state index < -0.39 is 15.9 Å². The summed E-state index contributed by atoms with van der Waals surface area (Å²) in [5.41, 5.74) is 0.999. The Morgan fingerprint density at radius 2 is 1.74 bits per heavy atom. The van der Waals surface area contributed by atoms with Gasteiger partial charge in [-0.05, 0) is 42.2 Å². The zero-order valence-corrected chi connectivity index (χ0v) is 21.0. The molecule has 0 atom stereocenters. The van der Waals surface area contributed by atoms with Crippen molar-refractivity contribution in [2.75, 3.05) is 16.7 Å². The van der Waals surface area contributed by atoms with Crippen LogP contribution in [-0.2, 0) is 15.4 Å². The van der Waals surface area contributed by atoms with Crippen LogP contribution in [0.25, 0.3) is 0 Å². The largest absolute Gasteiger partial charge is 0.298 e. The van der Waals surface area contributed by atoms with Crippen LogP contribution >= 0.6 is 11.6 Å². The average molecular weight is 501 g/mol. The molecule has 0 bridgehead atoms. The van der Waals surface area contributed by atoms with Crippen molar-refractivity contribution >= 4 is 45.3 Å². The van der Waals surface area contributed by atoms with Gasteiger partial charge in [0.2, 0.25) is 0 Å². The molecule has 2 aromatic carbocycles. The minimum Gasteiger partial charge on any atom is -0.298 e. The molecule has 3 rings (SSSR count). The smallest absolute Gasteiger partial charge is 0.262 e. The Labute approximate surface area is 204 Å². The van der Waals surface area contributed by atoms with Crippen molar-refractivity contribution in [2.24, 2.45) is 0 Å². The Balaban J connectivity index is 2.05. The van der Waals surface area contributed by atoms with E-state index in [9.17, 15) is 18.0 Å². The Morgan fingerprint density at radius 3 is 2.29 bits per heavy atom. The number of nitrogens with zero attached hydrogens (tertiary/aromatic N) is 3. The molecule has 34 heavy (non-hydrogen) atoms. The fourth-order valence-corrected chi connectivity index (χ4v) is 4.52. The number of hydrogen-bond donors (Lipinski definition) is 1. The van der Waals surface area contributed by atoms with Gasteiger partial charge in [-0.1, -0.05) is 44.5 Å². The van der Waals surface area contributed by atoms with Crippen LogP contribution in [0.2, 0.25) is 5.02 Å². The maximum atomic E-state index is 13.4. The summed E-state index contributed by atoms with van der Waals surface area (Å²) in [6.45, 7) is 7.79. The highest BCUT2D eigenvalue weighted by molar-refractivity contribution is 7.92. The van der Waals surface area contributed by atoms with Gasteiger partial charge in [-0.25, -0.2) is 13.4 Å². The second kappa shape index (κ2) is 9.52. The Bertz CT molecular complexity index is 1350. The molecule has 1 aromatic heterocycles. The molecular formula is C24H25ClN4O4S. The number of carbonyl (C=O) groups is 2. The number of carbonyl (C=O) groups excluding carboxylic acids is 2. The second-order valence-electron chi connectivity index (χ2n) is 8.76. The fourth-order valence-electron chi connectivity index (χ4n) is 3.25. The van der Waals surface area contributed by atoms with Gasteiger partial charge in [0.05, 0.1) is 33.1 Å². The summed E-state index contributed by atoms with van der Waals surface area (Å²) >= 11 is 6.16. The Kier molecular flexibility index (Phi) is 7.09. The van der Waals surface area contributed by atoms with Gasteiger partial charge in [0, 0.05) is 18.8 Å². The Hall–Kier alpha value is -3.30. The van der Waals surface area contributed by atoms with Crippen molar-refractivity contribution < 1.29 is 18.0 Å². The van der Waals surface area contributed by atoms with Gasteiger partial charge >= 0.3 is 0 Å². The molecule has 0 radical (unpaired) electrons. The van der Waals surface area contributed by atoms with Crippen LogP contribution in [0.3, 0.4) is 0 Å². The molecule has 0 saturated carbocycles. The van der Waals surface area contributed by atoms with Crippen LogP contribution in [0.4, 0.5) is 11.5 Å². The van der Waals surface area contributed by atoms with E-state index in [1.807, 2.05) is 20.8 Å². The number of anilines is 2. The minimum atomic E-state index is -4.07. The lowest BCUT2D eigenvalue weighted by Gasteiger charge is -2.21. The first-order chi connectivity index (χ1) is 15.8. The molecule has 0 unspecified atom stereocenters. The van der Waals surface area contributed by atoms with E-state index in [-0.39, 0.29) is 38.0 Å². The van der Waals surface area contributed by atoms with Gasteiger partial charge in [-0.3, -0.25) is 24.2 Å². The molecule has 178 valence electrons. The molecule has 1 amide bonds.